The van der Waals surface area contributed by atoms with Crippen molar-refractivity contribution in [3.05, 3.63) is 0 Å². The standard InChI is InChI=1S/C21H42O5Si2/c1-18(2,3)27(19(4,5)6)22-13-14-15(24-27)16-17(23-14)26-28(25-16,20(7,8)9)21(10,11)12/h14-17H,13H2,1-12H3/t14-,15+,16-,17-/m1/s1. The number of hydrogen-bond acceptors (Lipinski definition) is 5. The molecule has 3 aliphatic heterocycles. The summed E-state index contributed by atoms with van der Waals surface area (Å²) >= 11 is 0. The van der Waals surface area contributed by atoms with E-state index in [1.807, 2.05) is 0 Å². The van der Waals surface area contributed by atoms with E-state index in [9.17, 15) is 0 Å². The van der Waals surface area contributed by atoms with Crippen LogP contribution in [0.3, 0.4) is 0 Å². The van der Waals surface area contributed by atoms with Crippen molar-refractivity contribution in [2.24, 2.45) is 0 Å². The minimum atomic E-state index is -2.58. The van der Waals surface area contributed by atoms with Crippen LogP contribution >= 0.6 is 0 Å². The van der Waals surface area contributed by atoms with E-state index in [4.69, 9.17) is 22.4 Å². The van der Waals surface area contributed by atoms with Crippen LogP contribution < -0.4 is 0 Å². The Morgan fingerprint density at radius 1 is 0.571 bits per heavy atom. The zero-order valence-electron chi connectivity index (χ0n) is 20.1. The highest BCUT2D eigenvalue weighted by atomic mass is 28.4. The first-order valence-electron chi connectivity index (χ1n) is 10.7. The number of hydrogen-bond donors (Lipinski definition) is 0. The third kappa shape index (κ3) is 3.11. The van der Waals surface area contributed by atoms with Crippen molar-refractivity contribution in [2.75, 3.05) is 6.61 Å². The molecule has 0 saturated carbocycles. The summed E-state index contributed by atoms with van der Waals surface area (Å²) in [6.45, 7) is 27.4. The van der Waals surface area contributed by atoms with Crippen molar-refractivity contribution in [3.8, 4) is 0 Å². The second-order valence-electron chi connectivity index (χ2n) is 12.9. The van der Waals surface area contributed by atoms with Gasteiger partial charge in [-0.2, -0.15) is 0 Å². The van der Waals surface area contributed by atoms with E-state index in [1.165, 1.54) is 0 Å². The molecule has 28 heavy (non-hydrogen) atoms. The lowest BCUT2D eigenvalue weighted by molar-refractivity contribution is -0.114. The van der Waals surface area contributed by atoms with E-state index >= 15 is 0 Å². The Kier molecular flexibility index (Phi) is 5.21. The summed E-state index contributed by atoms with van der Waals surface area (Å²) in [5.41, 5.74) is 0. The molecule has 0 aromatic heterocycles. The first-order chi connectivity index (χ1) is 12.4. The predicted octanol–water partition coefficient (Wildman–Crippen LogP) is 5.63. The van der Waals surface area contributed by atoms with Gasteiger partial charge in [0.2, 0.25) is 0 Å². The van der Waals surface area contributed by atoms with Crippen LogP contribution in [0.1, 0.15) is 83.1 Å². The molecule has 0 unspecified atom stereocenters. The topological polar surface area (TPSA) is 46.2 Å². The van der Waals surface area contributed by atoms with E-state index in [2.05, 4.69) is 83.1 Å². The molecule has 164 valence electrons. The maximum atomic E-state index is 6.97. The van der Waals surface area contributed by atoms with Crippen molar-refractivity contribution < 1.29 is 22.4 Å². The second kappa shape index (κ2) is 6.37. The molecule has 0 aromatic carbocycles. The van der Waals surface area contributed by atoms with Gasteiger partial charge in [0.1, 0.15) is 18.3 Å². The van der Waals surface area contributed by atoms with Gasteiger partial charge in [0.25, 0.3) is 0 Å². The fraction of sp³-hybridized carbons (Fsp3) is 1.00. The van der Waals surface area contributed by atoms with Crippen LogP contribution in [0.25, 0.3) is 0 Å². The molecule has 0 aromatic rings. The Bertz CT molecular complexity index is 580. The first-order valence-corrected chi connectivity index (χ1v) is 14.3. The molecule has 0 radical (unpaired) electrons. The van der Waals surface area contributed by atoms with Crippen LogP contribution in [0.5, 0.6) is 0 Å². The van der Waals surface area contributed by atoms with Crippen LogP contribution in [-0.4, -0.2) is 48.3 Å². The highest BCUT2D eigenvalue weighted by Gasteiger charge is 2.72. The van der Waals surface area contributed by atoms with Crippen molar-refractivity contribution in [1.29, 1.82) is 0 Å². The maximum Gasteiger partial charge on any atom is 0.351 e. The minimum absolute atomic E-state index is 0.0592. The van der Waals surface area contributed by atoms with Crippen LogP contribution in [0.2, 0.25) is 20.2 Å². The first kappa shape index (κ1) is 22.9. The van der Waals surface area contributed by atoms with Crippen LogP contribution in [0.15, 0.2) is 0 Å². The van der Waals surface area contributed by atoms with E-state index in [0.717, 1.165) is 0 Å². The molecule has 0 N–H and O–H groups in total. The molecule has 5 nitrogen and oxygen atoms in total. The van der Waals surface area contributed by atoms with Crippen molar-refractivity contribution in [2.45, 2.75) is 128 Å². The summed E-state index contributed by atoms with van der Waals surface area (Å²) in [5, 5.41) is -0.253. The van der Waals surface area contributed by atoms with Gasteiger partial charge >= 0.3 is 17.1 Å². The molecule has 4 atom stereocenters. The molecule has 3 fully saturated rings. The summed E-state index contributed by atoms with van der Waals surface area (Å²) in [7, 11) is -5.15. The number of rotatable bonds is 0. The maximum absolute atomic E-state index is 6.97. The van der Waals surface area contributed by atoms with Gasteiger partial charge in [0.15, 0.2) is 6.29 Å². The van der Waals surface area contributed by atoms with Crippen molar-refractivity contribution in [1.82, 2.24) is 0 Å². The van der Waals surface area contributed by atoms with E-state index < -0.39 is 17.1 Å². The average Bonchev–Trinajstić information content (AvgIpc) is 2.98. The molecular formula is C21H42O5Si2. The summed E-state index contributed by atoms with van der Waals surface area (Å²) in [6, 6.07) is 0. The highest BCUT2D eigenvalue weighted by Crippen LogP contribution is 2.60. The van der Waals surface area contributed by atoms with Gasteiger partial charge in [-0.15, -0.1) is 0 Å². The smallest absolute Gasteiger partial charge is 0.351 e. The van der Waals surface area contributed by atoms with Crippen molar-refractivity contribution >= 4 is 17.1 Å². The zero-order chi connectivity index (χ0) is 21.6. The molecular weight excluding hydrogens is 388 g/mol. The number of ether oxygens (including phenoxy) is 1. The van der Waals surface area contributed by atoms with Crippen LogP contribution in [0.4, 0.5) is 0 Å². The van der Waals surface area contributed by atoms with Gasteiger partial charge in [0.05, 0.1) is 6.61 Å². The zero-order valence-corrected chi connectivity index (χ0v) is 22.1. The average molecular weight is 431 g/mol. The van der Waals surface area contributed by atoms with Crippen molar-refractivity contribution in [3.63, 3.8) is 0 Å². The Morgan fingerprint density at radius 2 is 1.00 bits per heavy atom. The highest BCUT2D eigenvalue weighted by molar-refractivity contribution is 6.74. The van der Waals surface area contributed by atoms with Crippen LogP contribution in [-0.2, 0) is 22.4 Å². The predicted molar refractivity (Wildman–Crippen MR) is 116 cm³/mol. The van der Waals surface area contributed by atoms with E-state index in [0.29, 0.717) is 6.61 Å². The fourth-order valence-electron chi connectivity index (χ4n) is 5.74. The quantitative estimate of drug-likeness (QED) is 0.466. The van der Waals surface area contributed by atoms with Gasteiger partial charge in [-0.05, 0) is 0 Å². The molecule has 0 bridgehead atoms. The molecule has 3 rings (SSSR count). The molecule has 3 saturated heterocycles. The van der Waals surface area contributed by atoms with Gasteiger partial charge in [0, 0.05) is 20.2 Å². The van der Waals surface area contributed by atoms with Gasteiger partial charge in [-0.25, -0.2) is 0 Å². The summed E-state index contributed by atoms with van der Waals surface area (Å²) in [5.74, 6) is 0. The molecule has 7 heteroatoms. The largest absolute Gasteiger partial charge is 0.391 e. The summed E-state index contributed by atoms with van der Waals surface area (Å²) < 4.78 is 33.5. The van der Waals surface area contributed by atoms with Crippen LogP contribution in [0, 0.1) is 0 Å². The lowest BCUT2D eigenvalue weighted by Gasteiger charge is -2.54. The third-order valence-electron chi connectivity index (χ3n) is 6.55. The molecule has 0 amide bonds. The summed E-state index contributed by atoms with van der Waals surface area (Å²) in [6.07, 6.45) is -0.765. The Balaban J connectivity index is 1.96. The van der Waals surface area contributed by atoms with Gasteiger partial charge < -0.3 is 22.4 Å². The molecule has 0 aliphatic carbocycles. The SMILES string of the molecule is CC(C)(C)[Si]1(C(C)(C)C)OC[C@H]2O[C@@H]3O[Si](C(C)(C)C)(C(C)(C)C)O[C@@H]3[C@H]2O1. The van der Waals surface area contributed by atoms with E-state index in [1.54, 1.807) is 0 Å². The lowest BCUT2D eigenvalue weighted by atomic mass is 10.1. The Labute approximate surface area is 174 Å². The van der Waals surface area contributed by atoms with Gasteiger partial charge in [-0.3, -0.25) is 0 Å². The normalized spacial score (nSPS) is 35.6. The van der Waals surface area contributed by atoms with Gasteiger partial charge in [-0.1, -0.05) is 83.1 Å². The lowest BCUT2D eigenvalue weighted by Crippen LogP contribution is -2.66. The monoisotopic (exact) mass is 430 g/mol. The minimum Gasteiger partial charge on any atom is -0.391 e. The second-order valence-corrected chi connectivity index (χ2v) is 22.3. The Morgan fingerprint density at radius 3 is 1.43 bits per heavy atom. The fourth-order valence-corrected chi connectivity index (χ4v) is 15.6. The third-order valence-corrected chi connectivity index (χ3v) is 16.8. The summed E-state index contributed by atoms with van der Waals surface area (Å²) in [4.78, 5) is 0. The Hall–Kier alpha value is 0.234. The van der Waals surface area contributed by atoms with E-state index in [-0.39, 0.29) is 44.8 Å². The molecule has 3 heterocycles. The molecule has 3 aliphatic rings. The molecule has 0 spiro atoms. The number of fused-ring (bicyclic) bond motifs is 3.